The molecule has 0 spiro atoms. The van der Waals surface area contributed by atoms with Crippen LogP contribution in [0.5, 0.6) is 5.75 Å². The maximum Gasteiger partial charge on any atom is 0.337 e. The fourth-order valence-corrected chi connectivity index (χ4v) is 2.01. The molecule has 0 radical (unpaired) electrons. The standard InChI is InChI=1S/C14H10ClFO3/c1-19-12-4-2-3-9(13(12)16)8-5-6-10(14(17)18)11(15)7-8/h2-7H,1H3,(H,17,18). The summed E-state index contributed by atoms with van der Waals surface area (Å²) in [6.45, 7) is 0. The molecular formula is C14H10ClFO3. The van der Waals surface area contributed by atoms with Crippen LogP contribution in [0.1, 0.15) is 10.4 Å². The predicted molar refractivity (Wildman–Crippen MR) is 70.4 cm³/mol. The fraction of sp³-hybridized carbons (Fsp3) is 0.0714. The van der Waals surface area contributed by atoms with Gasteiger partial charge in [-0.15, -0.1) is 0 Å². The van der Waals surface area contributed by atoms with Crippen molar-refractivity contribution in [2.24, 2.45) is 0 Å². The van der Waals surface area contributed by atoms with E-state index < -0.39 is 11.8 Å². The first-order valence-corrected chi connectivity index (χ1v) is 5.78. The summed E-state index contributed by atoms with van der Waals surface area (Å²) >= 11 is 5.87. The molecule has 1 N–H and O–H groups in total. The summed E-state index contributed by atoms with van der Waals surface area (Å²) in [7, 11) is 1.38. The molecule has 0 atom stereocenters. The van der Waals surface area contributed by atoms with E-state index >= 15 is 0 Å². The Balaban J connectivity index is 2.54. The highest BCUT2D eigenvalue weighted by molar-refractivity contribution is 6.33. The van der Waals surface area contributed by atoms with Gasteiger partial charge in [0.15, 0.2) is 11.6 Å². The highest BCUT2D eigenvalue weighted by atomic mass is 35.5. The number of rotatable bonds is 3. The molecule has 0 aliphatic rings. The normalized spacial score (nSPS) is 10.3. The van der Waals surface area contributed by atoms with E-state index in [4.69, 9.17) is 21.4 Å². The van der Waals surface area contributed by atoms with Crippen LogP contribution in [0.2, 0.25) is 5.02 Å². The second-order valence-corrected chi connectivity index (χ2v) is 4.23. The molecular weight excluding hydrogens is 271 g/mol. The number of benzene rings is 2. The molecule has 3 nitrogen and oxygen atoms in total. The lowest BCUT2D eigenvalue weighted by Crippen LogP contribution is -1.98. The molecule has 5 heteroatoms. The smallest absolute Gasteiger partial charge is 0.337 e. The molecule has 0 saturated carbocycles. The summed E-state index contributed by atoms with van der Waals surface area (Å²) in [5.41, 5.74) is 0.776. The predicted octanol–water partition coefficient (Wildman–Crippen LogP) is 3.85. The number of aromatic carboxylic acids is 1. The van der Waals surface area contributed by atoms with Gasteiger partial charge in [0.1, 0.15) is 0 Å². The highest BCUT2D eigenvalue weighted by Crippen LogP contribution is 2.31. The zero-order valence-corrected chi connectivity index (χ0v) is 10.7. The maximum atomic E-state index is 14.1. The lowest BCUT2D eigenvalue weighted by Gasteiger charge is -2.08. The summed E-state index contributed by atoms with van der Waals surface area (Å²) in [6, 6.07) is 9.00. The van der Waals surface area contributed by atoms with Crippen molar-refractivity contribution in [1.82, 2.24) is 0 Å². The average molecular weight is 281 g/mol. The number of hydrogen-bond donors (Lipinski definition) is 1. The van der Waals surface area contributed by atoms with Gasteiger partial charge >= 0.3 is 5.97 Å². The minimum absolute atomic E-state index is 0.0197. The molecule has 0 unspecified atom stereocenters. The molecule has 0 aliphatic heterocycles. The van der Waals surface area contributed by atoms with Crippen molar-refractivity contribution in [1.29, 1.82) is 0 Å². The summed E-state index contributed by atoms with van der Waals surface area (Å²) in [5, 5.41) is 8.95. The number of carbonyl (C=O) groups is 1. The van der Waals surface area contributed by atoms with Crippen LogP contribution in [0.25, 0.3) is 11.1 Å². The van der Waals surface area contributed by atoms with E-state index in [2.05, 4.69) is 0 Å². The van der Waals surface area contributed by atoms with Gasteiger partial charge in [-0.1, -0.05) is 29.8 Å². The van der Waals surface area contributed by atoms with E-state index in [0.29, 0.717) is 11.1 Å². The van der Waals surface area contributed by atoms with Crippen molar-refractivity contribution in [3.8, 4) is 16.9 Å². The van der Waals surface area contributed by atoms with E-state index in [-0.39, 0.29) is 16.3 Å². The van der Waals surface area contributed by atoms with Crippen LogP contribution in [-0.2, 0) is 0 Å². The second kappa shape index (κ2) is 5.28. The van der Waals surface area contributed by atoms with Crippen LogP contribution in [0.3, 0.4) is 0 Å². The second-order valence-electron chi connectivity index (χ2n) is 3.82. The van der Waals surface area contributed by atoms with Gasteiger partial charge in [-0.2, -0.15) is 0 Å². The Labute approximate surface area is 114 Å². The zero-order valence-electron chi connectivity index (χ0n) is 9.98. The van der Waals surface area contributed by atoms with Gasteiger partial charge in [-0.25, -0.2) is 9.18 Å². The highest BCUT2D eigenvalue weighted by Gasteiger charge is 2.13. The van der Waals surface area contributed by atoms with Crippen LogP contribution < -0.4 is 4.74 Å². The van der Waals surface area contributed by atoms with Gasteiger partial charge < -0.3 is 9.84 Å². The number of carboxylic acid groups (broad SMARTS) is 1. The van der Waals surface area contributed by atoms with E-state index in [9.17, 15) is 9.18 Å². The van der Waals surface area contributed by atoms with E-state index in [1.54, 1.807) is 12.1 Å². The van der Waals surface area contributed by atoms with E-state index in [1.165, 1.54) is 31.4 Å². The quantitative estimate of drug-likeness (QED) is 0.929. The minimum atomic E-state index is -1.12. The Morgan fingerprint density at radius 1 is 1.32 bits per heavy atom. The van der Waals surface area contributed by atoms with Crippen LogP contribution in [0.15, 0.2) is 36.4 Å². The Hall–Kier alpha value is -2.07. The van der Waals surface area contributed by atoms with Crippen LogP contribution in [-0.4, -0.2) is 18.2 Å². The van der Waals surface area contributed by atoms with Crippen LogP contribution in [0, 0.1) is 5.82 Å². The summed E-state index contributed by atoms with van der Waals surface area (Å²) in [5.74, 6) is -1.51. The molecule has 2 aromatic rings. The van der Waals surface area contributed by atoms with Gasteiger partial charge in [0.25, 0.3) is 0 Å². The first kappa shape index (κ1) is 13.4. The molecule has 0 aliphatic carbocycles. The first-order chi connectivity index (χ1) is 9.04. The lowest BCUT2D eigenvalue weighted by molar-refractivity contribution is 0.0697. The van der Waals surface area contributed by atoms with Gasteiger partial charge in [0, 0.05) is 5.56 Å². The van der Waals surface area contributed by atoms with Crippen LogP contribution >= 0.6 is 11.6 Å². The van der Waals surface area contributed by atoms with Gasteiger partial charge in [0.2, 0.25) is 0 Å². The fourth-order valence-electron chi connectivity index (χ4n) is 1.75. The van der Waals surface area contributed by atoms with Crippen molar-refractivity contribution in [3.05, 3.63) is 52.8 Å². The number of methoxy groups -OCH3 is 1. The number of carboxylic acids is 1. The molecule has 0 saturated heterocycles. The van der Waals surface area contributed by atoms with Crippen LogP contribution in [0.4, 0.5) is 4.39 Å². The van der Waals surface area contributed by atoms with Crippen molar-refractivity contribution in [2.75, 3.05) is 7.11 Å². The van der Waals surface area contributed by atoms with Gasteiger partial charge in [-0.3, -0.25) is 0 Å². The summed E-state index contributed by atoms with van der Waals surface area (Å²) in [4.78, 5) is 10.9. The summed E-state index contributed by atoms with van der Waals surface area (Å²) < 4.78 is 19.0. The molecule has 98 valence electrons. The number of hydrogen-bond acceptors (Lipinski definition) is 2. The largest absolute Gasteiger partial charge is 0.494 e. The van der Waals surface area contributed by atoms with Crippen molar-refractivity contribution in [3.63, 3.8) is 0 Å². The Morgan fingerprint density at radius 3 is 2.63 bits per heavy atom. The molecule has 0 amide bonds. The molecule has 0 bridgehead atoms. The molecule has 0 heterocycles. The monoisotopic (exact) mass is 280 g/mol. The SMILES string of the molecule is COc1cccc(-c2ccc(C(=O)O)c(Cl)c2)c1F. The third kappa shape index (κ3) is 2.53. The number of halogens is 2. The van der Waals surface area contributed by atoms with E-state index in [0.717, 1.165) is 0 Å². The third-order valence-electron chi connectivity index (χ3n) is 2.69. The Morgan fingerprint density at radius 2 is 2.05 bits per heavy atom. The average Bonchev–Trinajstić information content (AvgIpc) is 2.38. The van der Waals surface area contributed by atoms with Gasteiger partial charge in [-0.05, 0) is 23.8 Å². The topological polar surface area (TPSA) is 46.5 Å². The minimum Gasteiger partial charge on any atom is -0.494 e. The van der Waals surface area contributed by atoms with Crippen molar-refractivity contribution in [2.45, 2.75) is 0 Å². The Bertz CT molecular complexity index is 641. The zero-order chi connectivity index (χ0) is 14.0. The first-order valence-electron chi connectivity index (χ1n) is 5.40. The Kier molecular flexibility index (Phi) is 3.71. The molecule has 19 heavy (non-hydrogen) atoms. The molecule has 2 rings (SSSR count). The molecule has 0 fully saturated rings. The molecule has 2 aromatic carbocycles. The maximum absolute atomic E-state index is 14.1. The van der Waals surface area contributed by atoms with Crippen molar-refractivity contribution < 1.29 is 19.0 Å². The number of ether oxygens (including phenoxy) is 1. The van der Waals surface area contributed by atoms with E-state index in [1.807, 2.05) is 0 Å². The third-order valence-corrected chi connectivity index (χ3v) is 3.01. The molecule has 0 aromatic heterocycles. The lowest BCUT2D eigenvalue weighted by atomic mass is 10.0. The van der Waals surface area contributed by atoms with Crippen molar-refractivity contribution >= 4 is 17.6 Å². The summed E-state index contributed by atoms with van der Waals surface area (Å²) in [6.07, 6.45) is 0. The van der Waals surface area contributed by atoms with Gasteiger partial charge in [0.05, 0.1) is 17.7 Å².